The lowest BCUT2D eigenvalue weighted by molar-refractivity contribution is 0.656. The number of hydrogen-bond acceptors (Lipinski definition) is 5. The van der Waals surface area contributed by atoms with Gasteiger partial charge in [-0.1, -0.05) is 17.8 Å². The van der Waals surface area contributed by atoms with Crippen LogP contribution in [0.1, 0.15) is 23.4 Å². The van der Waals surface area contributed by atoms with Crippen LogP contribution < -0.4 is 5.69 Å². The van der Waals surface area contributed by atoms with Crippen LogP contribution in [0.4, 0.5) is 0 Å². The van der Waals surface area contributed by atoms with E-state index in [4.69, 9.17) is 5.26 Å². The first-order valence-corrected chi connectivity index (χ1v) is 7.80. The Bertz CT molecular complexity index is 749. The summed E-state index contributed by atoms with van der Waals surface area (Å²) in [6.45, 7) is 0.457. The maximum atomic E-state index is 12.3. The average molecular weight is 298 g/mol. The van der Waals surface area contributed by atoms with E-state index in [2.05, 4.69) is 16.0 Å². The molecule has 0 fully saturated rings. The van der Waals surface area contributed by atoms with Gasteiger partial charge in [0.1, 0.15) is 5.03 Å². The van der Waals surface area contributed by atoms with Crippen LogP contribution in [0.15, 0.2) is 34.2 Å². The first kappa shape index (κ1) is 13.8. The maximum absolute atomic E-state index is 12.3. The third-order valence-electron chi connectivity index (χ3n) is 3.52. The van der Waals surface area contributed by atoms with Crippen LogP contribution in [-0.4, -0.2) is 20.3 Å². The Balaban J connectivity index is 2.01. The molecule has 0 N–H and O–H groups in total. The van der Waals surface area contributed by atoms with Gasteiger partial charge in [-0.05, 0) is 31.4 Å². The molecule has 2 aromatic heterocycles. The monoisotopic (exact) mass is 298 g/mol. The van der Waals surface area contributed by atoms with Crippen molar-refractivity contribution >= 4 is 11.8 Å². The van der Waals surface area contributed by atoms with Gasteiger partial charge in [0.15, 0.2) is 0 Å². The van der Waals surface area contributed by atoms with Crippen LogP contribution >= 0.6 is 11.8 Å². The van der Waals surface area contributed by atoms with Crippen LogP contribution in [0.25, 0.3) is 0 Å². The minimum absolute atomic E-state index is 0.248. The molecule has 0 radical (unpaired) electrons. The summed E-state index contributed by atoms with van der Waals surface area (Å²) in [6, 6.07) is 7.77. The predicted molar refractivity (Wildman–Crippen MR) is 80.2 cm³/mol. The molecule has 0 saturated carbocycles. The SMILES string of the molecule is N#CCSc1nc(=O)n(Cc2ccccn2)c2c1CCC2. The van der Waals surface area contributed by atoms with Crippen molar-refractivity contribution in [1.82, 2.24) is 14.5 Å². The first-order valence-electron chi connectivity index (χ1n) is 6.82. The molecule has 5 nitrogen and oxygen atoms in total. The van der Waals surface area contributed by atoms with E-state index in [1.165, 1.54) is 11.8 Å². The van der Waals surface area contributed by atoms with Crippen LogP contribution in [0.2, 0.25) is 0 Å². The molecular formula is C15H14N4OS. The number of fused-ring (bicyclic) bond motifs is 1. The van der Waals surface area contributed by atoms with E-state index in [0.717, 1.165) is 41.2 Å². The van der Waals surface area contributed by atoms with Gasteiger partial charge in [0.2, 0.25) is 0 Å². The number of rotatable bonds is 4. The summed E-state index contributed by atoms with van der Waals surface area (Å²) in [4.78, 5) is 20.7. The van der Waals surface area contributed by atoms with Gasteiger partial charge in [-0.25, -0.2) is 4.79 Å². The molecule has 2 heterocycles. The van der Waals surface area contributed by atoms with Gasteiger partial charge in [-0.3, -0.25) is 9.55 Å². The second-order valence-electron chi connectivity index (χ2n) is 4.83. The highest BCUT2D eigenvalue weighted by Crippen LogP contribution is 2.29. The molecule has 6 heteroatoms. The van der Waals surface area contributed by atoms with Crippen LogP contribution in [0.3, 0.4) is 0 Å². The zero-order valence-corrected chi connectivity index (χ0v) is 12.3. The van der Waals surface area contributed by atoms with Gasteiger partial charge in [0.25, 0.3) is 0 Å². The van der Waals surface area contributed by atoms with Crippen LogP contribution in [-0.2, 0) is 19.4 Å². The predicted octanol–water partition coefficient (Wildman–Crippen LogP) is 1.79. The topological polar surface area (TPSA) is 71.6 Å². The van der Waals surface area contributed by atoms with E-state index in [0.29, 0.717) is 12.3 Å². The fourth-order valence-electron chi connectivity index (χ4n) is 2.62. The van der Waals surface area contributed by atoms with Crippen molar-refractivity contribution in [3.8, 4) is 6.07 Å². The van der Waals surface area contributed by atoms with E-state index in [9.17, 15) is 4.79 Å². The molecule has 0 aromatic carbocycles. The zero-order valence-electron chi connectivity index (χ0n) is 11.5. The molecule has 3 rings (SSSR count). The minimum Gasteiger partial charge on any atom is -0.290 e. The number of pyridine rings is 1. The molecule has 1 aliphatic rings. The summed E-state index contributed by atoms with van der Waals surface area (Å²) in [5, 5.41) is 9.43. The summed E-state index contributed by atoms with van der Waals surface area (Å²) in [5.74, 6) is 0.323. The number of thioether (sulfide) groups is 1. The molecule has 0 saturated heterocycles. The first-order chi connectivity index (χ1) is 10.3. The zero-order chi connectivity index (χ0) is 14.7. The quantitative estimate of drug-likeness (QED) is 0.635. The molecule has 0 spiro atoms. The van der Waals surface area contributed by atoms with Crippen molar-refractivity contribution < 1.29 is 0 Å². The van der Waals surface area contributed by atoms with E-state index in [1.54, 1.807) is 10.8 Å². The highest BCUT2D eigenvalue weighted by atomic mass is 32.2. The Hall–Kier alpha value is -2.13. The van der Waals surface area contributed by atoms with E-state index < -0.39 is 0 Å². The Kier molecular flexibility index (Phi) is 4.02. The smallest absolute Gasteiger partial charge is 0.290 e. The highest BCUT2D eigenvalue weighted by Gasteiger charge is 2.22. The Morgan fingerprint density at radius 2 is 2.29 bits per heavy atom. The van der Waals surface area contributed by atoms with Gasteiger partial charge in [-0.2, -0.15) is 10.2 Å². The average Bonchev–Trinajstić information content (AvgIpc) is 2.99. The third kappa shape index (κ3) is 2.83. The molecule has 0 amide bonds. The second kappa shape index (κ2) is 6.10. The van der Waals surface area contributed by atoms with E-state index >= 15 is 0 Å². The third-order valence-corrected chi connectivity index (χ3v) is 4.41. The Morgan fingerprint density at radius 1 is 1.38 bits per heavy atom. The van der Waals surface area contributed by atoms with Gasteiger partial charge in [-0.15, -0.1) is 0 Å². The van der Waals surface area contributed by atoms with Crippen molar-refractivity contribution in [3.05, 3.63) is 51.8 Å². The molecule has 106 valence electrons. The Labute approximate surface area is 126 Å². The number of nitrogens with zero attached hydrogens (tertiary/aromatic N) is 4. The fraction of sp³-hybridized carbons (Fsp3) is 0.333. The summed E-state index contributed by atoms with van der Waals surface area (Å²) in [7, 11) is 0. The molecular weight excluding hydrogens is 284 g/mol. The van der Waals surface area contributed by atoms with Gasteiger partial charge in [0, 0.05) is 17.5 Å². The molecule has 0 atom stereocenters. The summed E-state index contributed by atoms with van der Waals surface area (Å²) in [5.41, 5.74) is 2.79. The lowest BCUT2D eigenvalue weighted by Crippen LogP contribution is -2.28. The molecule has 21 heavy (non-hydrogen) atoms. The standard InChI is InChI=1S/C15H14N4OS/c16-7-9-21-14-12-5-3-6-13(12)19(15(20)18-14)10-11-4-1-2-8-17-11/h1-2,4,8H,3,5-6,9-10H2. The van der Waals surface area contributed by atoms with E-state index in [1.807, 2.05) is 18.2 Å². The van der Waals surface area contributed by atoms with Crippen molar-refractivity contribution in [2.75, 3.05) is 5.75 Å². The summed E-state index contributed by atoms with van der Waals surface area (Å²) < 4.78 is 1.72. The molecule has 2 aromatic rings. The second-order valence-corrected chi connectivity index (χ2v) is 5.80. The fourth-order valence-corrected chi connectivity index (χ4v) is 3.36. The molecule has 0 aliphatic heterocycles. The van der Waals surface area contributed by atoms with Gasteiger partial charge in [0.05, 0.1) is 24.1 Å². The van der Waals surface area contributed by atoms with Crippen molar-refractivity contribution in [3.63, 3.8) is 0 Å². The number of nitriles is 1. The Morgan fingerprint density at radius 3 is 3.05 bits per heavy atom. The van der Waals surface area contributed by atoms with Crippen molar-refractivity contribution in [1.29, 1.82) is 5.26 Å². The number of aromatic nitrogens is 3. The highest BCUT2D eigenvalue weighted by molar-refractivity contribution is 7.99. The van der Waals surface area contributed by atoms with Gasteiger partial charge >= 0.3 is 5.69 Å². The maximum Gasteiger partial charge on any atom is 0.349 e. The van der Waals surface area contributed by atoms with Crippen molar-refractivity contribution in [2.45, 2.75) is 30.8 Å². The van der Waals surface area contributed by atoms with E-state index in [-0.39, 0.29) is 5.69 Å². The summed E-state index contributed by atoms with van der Waals surface area (Å²) in [6.07, 6.45) is 4.58. The lowest BCUT2D eigenvalue weighted by Gasteiger charge is -2.13. The van der Waals surface area contributed by atoms with Crippen LogP contribution in [0.5, 0.6) is 0 Å². The van der Waals surface area contributed by atoms with Crippen molar-refractivity contribution in [2.24, 2.45) is 0 Å². The van der Waals surface area contributed by atoms with Gasteiger partial charge < -0.3 is 0 Å². The molecule has 1 aliphatic carbocycles. The largest absolute Gasteiger partial charge is 0.349 e. The summed E-state index contributed by atoms with van der Waals surface area (Å²) >= 11 is 1.35. The molecule has 0 bridgehead atoms. The number of hydrogen-bond donors (Lipinski definition) is 0. The molecule has 0 unspecified atom stereocenters. The minimum atomic E-state index is -0.248. The van der Waals surface area contributed by atoms with Crippen LogP contribution in [0, 0.1) is 11.3 Å². The lowest BCUT2D eigenvalue weighted by atomic mass is 10.2. The normalized spacial score (nSPS) is 12.9.